The van der Waals surface area contributed by atoms with Gasteiger partial charge in [0, 0.05) is 22.7 Å². The number of methoxy groups -OCH3 is 1. The van der Waals surface area contributed by atoms with Gasteiger partial charge in [-0.05, 0) is 35.9 Å². The Balaban J connectivity index is 1.65. The molecule has 6 heteroatoms. The zero-order valence-corrected chi connectivity index (χ0v) is 14.0. The first-order valence-electron chi connectivity index (χ1n) is 7.43. The second-order valence-electron chi connectivity index (χ2n) is 5.28. The van der Waals surface area contributed by atoms with Crippen LogP contribution in [0.2, 0.25) is 0 Å². The highest BCUT2D eigenvalue weighted by atomic mass is 32.2. The van der Waals surface area contributed by atoms with Crippen molar-refractivity contribution < 1.29 is 13.3 Å². The zero-order chi connectivity index (χ0) is 16.9. The third-order valence-electron chi connectivity index (χ3n) is 3.52. The Labute approximate surface area is 142 Å². The zero-order valence-electron chi connectivity index (χ0n) is 13.2. The molecule has 24 heavy (non-hydrogen) atoms. The molecular weight excluding hydrogens is 327 g/mol. The number of rotatable bonds is 6. The van der Waals surface area contributed by atoms with E-state index in [4.69, 9.17) is 4.74 Å². The number of nitrogens with zero attached hydrogens (tertiary/aromatic N) is 2. The molecule has 0 saturated carbocycles. The molecule has 3 rings (SSSR count). The quantitative estimate of drug-likeness (QED) is 0.688. The van der Waals surface area contributed by atoms with Crippen molar-refractivity contribution in [3.8, 4) is 11.4 Å². The number of para-hydroxylation sites is 1. The van der Waals surface area contributed by atoms with Gasteiger partial charge in [-0.3, -0.25) is 4.21 Å². The largest absolute Gasteiger partial charge is 0.494 e. The van der Waals surface area contributed by atoms with Gasteiger partial charge in [-0.1, -0.05) is 24.3 Å². The van der Waals surface area contributed by atoms with Gasteiger partial charge in [0.15, 0.2) is 11.6 Å². The van der Waals surface area contributed by atoms with E-state index in [1.165, 1.54) is 13.2 Å². The number of benzene rings is 2. The fourth-order valence-electron chi connectivity index (χ4n) is 2.36. The summed E-state index contributed by atoms with van der Waals surface area (Å²) < 4.78 is 32.6. The molecule has 0 spiro atoms. The van der Waals surface area contributed by atoms with Crippen LogP contribution in [0.15, 0.2) is 60.8 Å². The molecule has 124 valence electrons. The molecule has 1 atom stereocenters. The Bertz CT molecular complexity index is 849. The van der Waals surface area contributed by atoms with E-state index in [-0.39, 0.29) is 11.5 Å². The van der Waals surface area contributed by atoms with Crippen molar-refractivity contribution in [2.75, 3.05) is 7.11 Å². The lowest BCUT2D eigenvalue weighted by Gasteiger charge is -2.05. The third-order valence-corrected chi connectivity index (χ3v) is 4.79. The highest BCUT2D eigenvalue weighted by molar-refractivity contribution is 7.83. The normalized spacial score (nSPS) is 12.1. The minimum absolute atomic E-state index is 0.186. The first-order valence-corrected chi connectivity index (χ1v) is 8.92. The minimum atomic E-state index is -1.17. The Morgan fingerprint density at radius 1 is 1.12 bits per heavy atom. The Morgan fingerprint density at radius 3 is 2.62 bits per heavy atom. The van der Waals surface area contributed by atoms with Crippen molar-refractivity contribution in [1.82, 2.24) is 9.78 Å². The van der Waals surface area contributed by atoms with Crippen molar-refractivity contribution in [2.24, 2.45) is 0 Å². The van der Waals surface area contributed by atoms with E-state index >= 15 is 0 Å². The van der Waals surface area contributed by atoms with Gasteiger partial charge in [-0.25, -0.2) is 9.07 Å². The highest BCUT2D eigenvalue weighted by Crippen LogP contribution is 2.19. The smallest absolute Gasteiger partial charge is 0.165 e. The summed E-state index contributed by atoms with van der Waals surface area (Å²) in [7, 11) is 0.251. The molecule has 0 radical (unpaired) electrons. The summed E-state index contributed by atoms with van der Waals surface area (Å²) in [5.74, 6) is 0.346. The van der Waals surface area contributed by atoms with Crippen molar-refractivity contribution in [1.29, 1.82) is 0 Å². The van der Waals surface area contributed by atoms with Gasteiger partial charge < -0.3 is 4.74 Å². The van der Waals surface area contributed by atoms with Crippen LogP contribution in [0.5, 0.6) is 5.75 Å². The van der Waals surface area contributed by atoms with Gasteiger partial charge in [0.2, 0.25) is 0 Å². The number of ether oxygens (including phenoxy) is 1. The molecular formula is C18H17FN2O2S. The topological polar surface area (TPSA) is 44.1 Å². The summed E-state index contributed by atoms with van der Waals surface area (Å²) in [6, 6.07) is 16.2. The van der Waals surface area contributed by atoms with Crippen LogP contribution >= 0.6 is 0 Å². The van der Waals surface area contributed by atoms with E-state index < -0.39 is 16.6 Å². The van der Waals surface area contributed by atoms with E-state index in [0.717, 1.165) is 11.4 Å². The van der Waals surface area contributed by atoms with Gasteiger partial charge >= 0.3 is 0 Å². The van der Waals surface area contributed by atoms with E-state index in [0.29, 0.717) is 11.3 Å². The van der Waals surface area contributed by atoms with Crippen molar-refractivity contribution >= 4 is 10.8 Å². The minimum Gasteiger partial charge on any atom is -0.494 e. The molecule has 0 aliphatic rings. The van der Waals surface area contributed by atoms with Crippen molar-refractivity contribution in [2.45, 2.75) is 11.5 Å². The molecule has 2 aromatic carbocycles. The Kier molecular flexibility index (Phi) is 5.05. The molecule has 0 N–H and O–H groups in total. The van der Waals surface area contributed by atoms with Crippen LogP contribution in [0.1, 0.15) is 11.3 Å². The fraction of sp³-hybridized carbons (Fsp3) is 0.167. The van der Waals surface area contributed by atoms with Crippen LogP contribution in [0.3, 0.4) is 0 Å². The predicted molar refractivity (Wildman–Crippen MR) is 92.1 cm³/mol. The molecule has 0 bridgehead atoms. The fourth-order valence-corrected chi connectivity index (χ4v) is 3.50. The van der Waals surface area contributed by atoms with Crippen LogP contribution in [0.4, 0.5) is 4.39 Å². The molecule has 0 aliphatic carbocycles. The van der Waals surface area contributed by atoms with Gasteiger partial charge in [-0.15, -0.1) is 0 Å². The lowest BCUT2D eigenvalue weighted by molar-refractivity contribution is 0.386. The second-order valence-corrected chi connectivity index (χ2v) is 6.74. The first kappa shape index (κ1) is 16.4. The van der Waals surface area contributed by atoms with Gasteiger partial charge in [0.25, 0.3) is 0 Å². The summed E-state index contributed by atoms with van der Waals surface area (Å²) in [6.45, 7) is 0. The Morgan fingerprint density at radius 2 is 1.92 bits per heavy atom. The number of hydrogen-bond acceptors (Lipinski definition) is 3. The summed E-state index contributed by atoms with van der Waals surface area (Å²) in [6.07, 6.45) is 1.84. The van der Waals surface area contributed by atoms with E-state index in [9.17, 15) is 8.60 Å². The second kappa shape index (κ2) is 7.40. The number of aromatic nitrogens is 2. The molecule has 0 fully saturated rings. The molecule has 4 nitrogen and oxygen atoms in total. The molecule has 0 unspecified atom stereocenters. The highest BCUT2D eigenvalue weighted by Gasteiger charge is 2.09. The van der Waals surface area contributed by atoms with Gasteiger partial charge in [0.05, 0.1) is 24.2 Å². The Hall–Kier alpha value is -2.47. The molecule has 0 aliphatic heterocycles. The molecule has 0 amide bonds. The van der Waals surface area contributed by atoms with Gasteiger partial charge in [-0.2, -0.15) is 5.10 Å². The monoisotopic (exact) mass is 344 g/mol. The maximum Gasteiger partial charge on any atom is 0.165 e. The predicted octanol–water partition coefficient (Wildman–Crippen LogP) is 3.47. The van der Waals surface area contributed by atoms with Crippen LogP contribution in [-0.2, 0) is 22.3 Å². The average molecular weight is 344 g/mol. The van der Waals surface area contributed by atoms with Crippen molar-refractivity contribution in [3.63, 3.8) is 0 Å². The maximum absolute atomic E-state index is 13.7. The number of halogens is 1. The summed E-state index contributed by atoms with van der Waals surface area (Å²) in [5, 5.41) is 4.44. The van der Waals surface area contributed by atoms with E-state index in [2.05, 4.69) is 5.10 Å². The molecule has 3 aromatic rings. The summed E-state index contributed by atoms with van der Waals surface area (Å²) in [4.78, 5) is 0. The lowest BCUT2D eigenvalue weighted by Crippen LogP contribution is -2.02. The molecule has 1 aromatic heterocycles. The number of hydrogen-bond donors (Lipinski definition) is 0. The average Bonchev–Trinajstić information content (AvgIpc) is 3.04. The van der Waals surface area contributed by atoms with Crippen LogP contribution in [0, 0.1) is 5.82 Å². The maximum atomic E-state index is 13.7. The van der Waals surface area contributed by atoms with Gasteiger partial charge in [0.1, 0.15) is 0 Å². The molecule has 1 heterocycles. The van der Waals surface area contributed by atoms with Crippen LogP contribution < -0.4 is 4.74 Å². The van der Waals surface area contributed by atoms with E-state index in [1.54, 1.807) is 16.8 Å². The molecule has 0 saturated heterocycles. The lowest BCUT2D eigenvalue weighted by atomic mass is 10.2. The van der Waals surface area contributed by atoms with Crippen LogP contribution in [0.25, 0.3) is 5.69 Å². The first-order chi connectivity index (χ1) is 11.7. The van der Waals surface area contributed by atoms with E-state index in [1.807, 2.05) is 42.6 Å². The summed E-state index contributed by atoms with van der Waals surface area (Å²) >= 11 is 0. The third kappa shape index (κ3) is 3.89. The SMILES string of the molecule is COc1ccc(C[S@](=O)Cc2ccn(-c3ccccc3)n2)cc1F. The van der Waals surface area contributed by atoms with Crippen molar-refractivity contribution in [3.05, 3.63) is 77.9 Å². The standard InChI is InChI=1S/C18H17FN2O2S/c1-23-18-8-7-14(11-17(18)19)12-24(22)13-15-9-10-21(20-15)16-5-3-2-4-6-16/h2-11H,12-13H2,1H3/t24-/m0/s1. The summed E-state index contributed by atoms with van der Waals surface area (Å²) in [5.41, 5.74) is 2.37. The van der Waals surface area contributed by atoms with Crippen LogP contribution in [-0.4, -0.2) is 21.1 Å².